The van der Waals surface area contributed by atoms with E-state index in [2.05, 4.69) is 0 Å². The number of halogens is 3. The van der Waals surface area contributed by atoms with Crippen molar-refractivity contribution in [2.75, 3.05) is 6.61 Å². The maximum atomic E-state index is 12.4. The third-order valence-electron chi connectivity index (χ3n) is 2.07. The topological polar surface area (TPSA) is 63.4 Å². The standard InChI is InChI=1S/C10H10F3NO3S/c1-6(5-15)18-9-3-2-7(10(11,12)13)4-8(9)14(16)17/h2-4,6,15H,5H2,1H3. The summed E-state index contributed by atoms with van der Waals surface area (Å²) in [6, 6.07) is 2.35. The van der Waals surface area contributed by atoms with Gasteiger partial charge in [-0.3, -0.25) is 10.1 Å². The number of aliphatic hydroxyl groups is 1. The summed E-state index contributed by atoms with van der Waals surface area (Å²) < 4.78 is 37.3. The molecule has 1 unspecified atom stereocenters. The second-order valence-corrected chi connectivity index (χ2v) is 5.03. The first-order chi connectivity index (χ1) is 8.25. The van der Waals surface area contributed by atoms with Crippen LogP contribution in [-0.2, 0) is 6.18 Å². The van der Waals surface area contributed by atoms with Gasteiger partial charge in [0.25, 0.3) is 5.69 Å². The highest BCUT2D eigenvalue weighted by Gasteiger charge is 2.33. The maximum Gasteiger partial charge on any atom is 0.416 e. The van der Waals surface area contributed by atoms with Crippen molar-refractivity contribution in [1.82, 2.24) is 0 Å². The number of benzene rings is 1. The Morgan fingerprint density at radius 3 is 2.56 bits per heavy atom. The Labute approximate surface area is 105 Å². The number of thioether (sulfide) groups is 1. The molecular weight excluding hydrogens is 271 g/mol. The summed E-state index contributed by atoms with van der Waals surface area (Å²) in [5.41, 5.74) is -1.66. The van der Waals surface area contributed by atoms with E-state index < -0.39 is 22.4 Å². The average Bonchev–Trinajstić information content (AvgIpc) is 2.27. The van der Waals surface area contributed by atoms with Crippen LogP contribution in [0.1, 0.15) is 12.5 Å². The van der Waals surface area contributed by atoms with Crippen LogP contribution in [0.2, 0.25) is 0 Å². The Balaban J connectivity index is 3.17. The Hall–Kier alpha value is -1.28. The molecule has 0 spiro atoms. The first-order valence-corrected chi connectivity index (χ1v) is 5.77. The zero-order valence-corrected chi connectivity index (χ0v) is 10.1. The Bertz CT molecular complexity index is 450. The highest BCUT2D eigenvalue weighted by molar-refractivity contribution is 8.00. The molecule has 100 valence electrons. The van der Waals surface area contributed by atoms with Crippen molar-refractivity contribution in [3.63, 3.8) is 0 Å². The molecule has 0 radical (unpaired) electrons. The van der Waals surface area contributed by atoms with Crippen LogP contribution in [0.15, 0.2) is 23.1 Å². The van der Waals surface area contributed by atoms with Crippen LogP contribution in [0, 0.1) is 10.1 Å². The van der Waals surface area contributed by atoms with E-state index in [0.29, 0.717) is 6.07 Å². The number of alkyl halides is 3. The van der Waals surface area contributed by atoms with Crippen molar-refractivity contribution in [3.8, 4) is 0 Å². The van der Waals surface area contributed by atoms with Crippen LogP contribution in [0.4, 0.5) is 18.9 Å². The predicted octanol–water partition coefficient (Wildman–Crippen LogP) is 3.09. The van der Waals surface area contributed by atoms with Gasteiger partial charge in [0, 0.05) is 11.3 Å². The van der Waals surface area contributed by atoms with Gasteiger partial charge in [-0.15, -0.1) is 11.8 Å². The smallest absolute Gasteiger partial charge is 0.395 e. The first-order valence-electron chi connectivity index (χ1n) is 4.89. The summed E-state index contributed by atoms with van der Waals surface area (Å²) in [7, 11) is 0. The Morgan fingerprint density at radius 2 is 2.11 bits per heavy atom. The molecule has 18 heavy (non-hydrogen) atoms. The largest absolute Gasteiger partial charge is 0.416 e. The average molecular weight is 281 g/mol. The van der Waals surface area contributed by atoms with Crippen LogP contribution in [-0.4, -0.2) is 21.9 Å². The SMILES string of the molecule is CC(CO)Sc1ccc(C(F)(F)F)cc1[N+](=O)[O-]. The van der Waals surface area contributed by atoms with Crippen LogP contribution in [0.3, 0.4) is 0 Å². The van der Waals surface area contributed by atoms with Gasteiger partial charge < -0.3 is 5.11 Å². The Kier molecular flexibility index (Phi) is 4.58. The van der Waals surface area contributed by atoms with Gasteiger partial charge in [-0.05, 0) is 12.1 Å². The van der Waals surface area contributed by atoms with Crippen molar-refractivity contribution < 1.29 is 23.2 Å². The molecule has 1 aromatic carbocycles. The third-order valence-corrected chi connectivity index (χ3v) is 3.22. The normalized spacial score (nSPS) is 13.4. The van der Waals surface area contributed by atoms with Gasteiger partial charge in [0.15, 0.2) is 0 Å². The summed E-state index contributed by atoms with van der Waals surface area (Å²) >= 11 is 0.959. The molecule has 0 amide bonds. The molecule has 8 heteroatoms. The molecule has 0 saturated carbocycles. The molecule has 1 rings (SSSR count). The molecule has 0 heterocycles. The molecule has 0 saturated heterocycles. The van der Waals surface area contributed by atoms with Gasteiger partial charge in [-0.1, -0.05) is 6.92 Å². The third kappa shape index (κ3) is 3.61. The lowest BCUT2D eigenvalue weighted by Gasteiger charge is -2.10. The number of hydrogen-bond acceptors (Lipinski definition) is 4. The van der Waals surface area contributed by atoms with E-state index in [-0.39, 0.29) is 16.8 Å². The zero-order valence-electron chi connectivity index (χ0n) is 9.27. The molecule has 0 aromatic heterocycles. The van der Waals surface area contributed by atoms with Crippen LogP contribution in [0.5, 0.6) is 0 Å². The van der Waals surface area contributed by atoms with Crippen LogP contribution >= 0.6 is 11.8 Å². The minimum Gasteiger partial charge on any atom is -0.395 e. The summed E-state index contributed by atoms with van der Waals surface area (Å²) in [4.78, 5) is 9.98. The van der Waals surface area contributed by atoms with Gasteiger partial charge in [0.05, 0.1) is 22.0 Å². The van der Waals surface area contributed by atoms with Gasteiger partial charge >= 0.3 is 6.18 Å². The molecule has 4 nitrogen and oxygen atoms in total. The van der Waals surface area contributed by atoms with Gasteiger partial charge in [0.2, 0.25) is 0 Å². The number of aliphatic hydroxyl groups excluding tert-OH is 1. The van der Waals surface area contributed by atoms with E-state index in [9.17, 15) is 23.3 Å². The minimum absolute atomic E-state index is 0.106. The van der Waals surface area contributed by atoms with E-state index in [0.717, 1.165) is 23.9 Å². The van der Waals surface area contributed by atoms with E-state index in [1.54, 1.807) is 6.92 Å². The Morgan fingerprint density at radius 1 is 1.50 bits per heavy atom. The summed E-state index contributed by atoms with van der Waals surface area (Å²) in [6.07, 6.45) is -4.61. The van der Waals surface area contributed by atoms with Crippen LogP contribution in [0.25, 0.3) is 0 Å². The number of nitro benzene ring substituents is 1. The number of nitro groups is 1. The van der Waals surface area contributed by atoms with Gasteiger partial charge in [-0.2, -0.15) is 13.2 Å². The highest BCUT2D eigenvalue weighted by atomic mass is 32.2. The van der Waals surface area contributed by atoms with Crippen molar-refractivity contribution in [3.05, 3.63) is 33.9 Å². The molecule has 0 fully saturated rings. The van der Waals surface area contributed by atoms with E-state index in [1.807, 2.05) is 0 Å². The monoisotopic (exact) mass is 281 g/mol. The second kappa shape index (κ2) is 5.57. The van der Waals surface area contributed by atoms with Crippen LogP contribution < -0.4 is 0 Å². The van der Waals surface area contributed by atoms with Crippen molar-refractivity contribution >= 4 is 17.4 Å². The molecular formula is C10H10F3NO3S. The molecule has 0 aliphatic heterocycles. The van der Waals surface area contributed by atoms with Crippen molar-refractivity contribution in [1.29, 1.82) is 0 Å². The lowest BCUT2D eigenvalue weighted by atomic mass is 10.2. The summed E-state index contributed by atoms with van der Waals surface area (Å²) in [5, 5.41) is 19.2. The van der Waals surface area contributed by atoms with E-state index >= 15 is 0 Å². The minimum atomic E-state index is -4.61. The highest BCUT2D eigenvalue weighted by Crippen LogP contribution is 2.37. The van der Waals surface area contributed by atoms with Crippen molar-refractivity contribution in [2.24, 2.45) is 0 Å². The first kappa shape index (κ1) is 14.8. The fourth-order valence-corrected chi connectivity index (χ4v) is 2.10. The zero-order chi connectivity index (χ0) is 13.9. The van der Waals surface area contributed by atoms with E-state index in [1.165, 1.54) is 0 Å². The number of rotatable bonds is 4. The van der Waals surface area contributed by atoms with Crippen molar-refractivity contribution in [2.45, 2.75) is 23.2 Å². The van der Waals surface area contributed by atoms with Gasteiger partial charge in [-0.25, -0.2) is 0 Å². The van der Waals surface area contributed by atoms with E-state index in [4.69, 9.17) is 5.11 Å². The lowest BCUT2D eigenvalue weighted by Crippen LogP contribution is -2.07. The van der Waals surface area contributed by atoms with Gasteiger partial charge in [0.1, 0.15) is 0 Å². The lowest BCUT2D eigenvalue weighted by molar-refractivity contribution is -0.388. The summed E-state index contributed by atoms with van der Waals surface area (Å²) in [5.74, 6) is 0. The quantitative estimate of drug-likeness (QED) is 0.523. The predicted molar refractivity (Wildman–Crippen MR) is 60.5 cm³/mol. The fraction of sp³-hybridized carbons (Fsp3) is 0.400. The molecule has 1 aromatic rings. The second-order valence-electron chi connectivity index (χ2n) is 3.55. The summed E-state index contributed by atoms with van der Waals surface area (Å²) in [6.45, 7) is 1.40. The number of hydrogen-bond donors (Lipinski definition) is 1. The molecule has 0 bridgehead atoms. The molecule has 0 aliphatic rings. The molecule has 0 aliphatic carbocycles. The molecule has 1 atom stereocenters. The molecule has 1 N–H and O–H groups in total. The fourth-order valence-electron chi connectivity index (χ4n) is 1.19. The maximum absolute atomic E-state index is 12.4. The number of nitrogens with zero attached hydrogens (tertiary/aromatic N) is 1.